The van der Waals surface area contributed by atoms with Crippen molar-refractivity contribution in [2.75, 3.05) is 33.4 Å². The van der Waals surface area contributed by atoms with Crippen molar-refractivity contribution in [1.82, 2.24) is 10.6 Å². The lowest BCUT2D eigenvalue weighted by Gasteiger charge is -2.40. The number of nitrogens with one attached hydrogen (secondary N) is 2. The lowest BCUT2D eigenvalue weighted by Crippen LogP contribution is -2.43. The molecule has 2 fully saturated rings. The zero-order valence-electron chi connectivity index (χ0n) is 16.5. The third kappa shape index (κ3) is 5.79. The number of methoxy groups -OCH3 is 1. The molecule has 4 nitrogen and oxygen atoms in total. The summed E-state index contributed by atoms with van der Waals surface area (Å²) in [6.07, 6.45) is 7.06. The average molecular weight is 489 g/mol. The van der Waals surface area contributed by atoms with Gasteiger partial charge in [-0.25, -0.2) is 4.39 Å². The van der Waals surface area contributed by atoms with Crippen LogP contribution in [-0.2, 0) is 10.2 Å². The van der Waals surface area contributed by atoms with Crippen LogP contribution in [0.2, 0.25) is 0 Å². The smallest absolute Gasteiger partial charge is 0.191 e. The molecule has 0 atom stereocenters. The summed E-state index contributed by atoms with van der Waals surface area (Å²) in [5, 5.41) is 6.86. The van der Waals surface area contributed by atoms with E-state index in [0.29, 0.717) is 5.41 Å². The topological polar surface area (TPSA) is 45.7 Å². The van der Waals surface area contributed by atoms with Crippen LogP contribution < -0.4 is 10.6 Å². The Morgan fingerprint density at radius 2 is 2.00 bits per heavy atom. The number of hydrogen-bond donors (Lipinski definition) is 2. The molecule has 0 unspecified atom stereocenters. The van der Waals surface area contributed by atoms with Crippen LogP contribution in [0.4, 0.5) is 4.39 Å². The van der Waals surface area contributed by atoms with Gasteiger partial charge in [0.1, 0.15) is 5.82 Å². The Labute approximate surface area is 179 Å². The van der Waals surface area contributed by atoms with Crippen molar-refractivity contribution in [1.29, 1.82) is 0 Å². The standard InChI is InChI=1S/C21H32FN3O.HI/c1-3-23-19(24-15-20(8-5-9-20)12-13-26-2)25-16-21(10-11-21)17-6-4-7-18(22)14-17;/h4,6-7,14H,3,5,8-13,15-16H2,1-2H3,(H2,23,24,25);1H. The molecule has 27 heavy (non-hydrogen) atoms. The largest absolute Gasteiger partial charge is 0.385 e. The first-order valence-corrected chi connectivity index (χ1v) is 9.89. The van der Waals surface area contributed by atoms with Crippen molar-refractivity contribution in [3.8, 4) is 0 Å². The first kappa shape index (κ1) is 22.4. The van der Waals surface area contributed by atoms with Crippen molar-refractivity contribution < 1.29 is 9.13 Å². The SMILES string of the molecule is CCNC(=NCC1(CCOC)CCC1)NCC1(c2cccc(F)c2)CC1.I. The van der Waals surface area contributed by atoms with Crippen LogP contribution in [0.15, 0.2) is 29.3 Å². The molecule has 2 aliphatic carbocycles. The molecule has 0 aliphatic heterocycles. The molecule has 2 N–H and O–H groups in total. The van der Waals surface area contributed by atoms with Gasteiger partial charge in [0.15, 0.2) is 5.96 Å². The van der Waals surface area contributed by atoms with Crippen LogP contribution >= 0.6 is 24.0 Å². The number of rotatable bonds is 9. The Bertz CT molecular complexity index is 630. The number of hydrogen-bond acceptors (Lipinski definition) is 2. The average Bonchev–Trinajstić information content (AvgIpc) is 3.39. The van der Waals surface area contributed by atoms with E-state index in [0.717, 1.165) is 57.0 Å². The van der Waals surface area contributed by atoms with Gasteiger partial charge in [0.25, 0.3) is 0 Å². The predicted octanol–water partition coefficient (Wildman–Crippen LogP) is 4.24. The van der Waals surface area contributed by atoms with Crippen molar-refractivity contribution in [2.45, 2.75) is 50.9 Å². The lowest BCUT2D eigenvalue weighted by molar-refractivity contribution is 0.0778. The maximum atomic E-state index is 13.6. The third-order valence-electron chi connectivity index (χ3n) is 6.05. The molecule has 0 heterocycles. The number of aliphatic imine (C=N–C) groups is 1. The Morgan fingerprint density at radius 1 is 1.22 bits per heavy atom. The summed E-state index contributed by atoms with van der Waals surface area (Å²) >= 11 is 0. The highest BCUT2D eigenvalue weighted by Crippen LogP contribution is 2.47. The number of ether oxygens (including phenoxy) is 1. The van der Waals surface area contributed by atoms with Gasteiger partial charge in [0.05, 0.1) is 0 Å². The van der Waals surface area contributed by atoms with Crippen molar-refractivity contribution in [2.24, 2.45) is 10.4 Å². The number of benzene rings is 1. The van der Waals surface area contributed by atoms with E-state index in [-0.39, 0.29) is 35.2 Å². The van der Waals surface area contributed by atoms with Gasteiger partial charge in [-0.2, -0.15) is 0 Å². The summed E-state index contributed by atoms with van der Waals surface area (Å²) in [5.41, 5.74) is 1.47. The monoisotopic (exact) mass is 489 g/mol. The molecular weight excluding hydrogens is 456 g/mol. The fourth-order valence-electron chi connectivity index (χ4n) is 3.86. The molecule has 2 aliphatic rings. The van der Waals surface area contributed by atoms with E-state index in [1.807, 2.05) is 6.07 Å². The predicted molar refractivity (Wildman–Crippen MR) is 119 cm³/mol. The second-order valence-corrected chi connectivity index (χ2v) is 7.94. The van der Waals surface area contributed by atoms with Gasteiger partial charge in [0, 0.05) is 38.8 Å². The van der Waals surface area contributed by atoms with E-state index < -0.39 is 0 Å². The molecular formula is C21H33FIN3O. The maximum Gasteiger partial charge on any atom is 0.191 e. The summed E-state index contributed by atoms with van der Waals surface area (Å²) in [6.45, 7) is 5.37. The van der Waals surface area contributed by atoms with Crippen LogP contribution in [0.5, 0.6) is 0 Å². The second kappa shape index (κ2) is 10.0. The molecule has 152 valence electrons. The quantitative estimate of drug-likeness (QED) is 0.310. The molecule has 0 saturated heterocycles. The van der Waals surface area contributed by atoms with Gasteiger partial charge in [-0.1, -0.05) is 18.6 Å². The second-order valence-electron chi connectivity index (χ2n) is 7.94. The van der Waals surface area contributed by atoms with Crippen LogP contribution in [0.25, 0.3) is 0 Å². The summed E-state index contributed by atoms with van der Waals surface area (Å²) in [6, 6.07) is 7.03. The number of nitrogens with zero attached hydrogens (tertiary/aromatic N) is 1. The van der Waals surface area contributed by atoms with Crippen molar-refractivity contribution in [3.05, 3.63) is 35.6 Å². The minimum atomic E-state index is -0.153. The lowest BCUT2D eigenvalue weighted by atomic mass is 9.67. The van der Waals surface area contributed by atoms with E-state index in [4.69, 9.17) is 9.73 Å². The van der Waals surface area contributed by atoms with Crippen LogP contribution in [0.1, 0.15) is 51.0 Å². The van der Waals surface area contributed by atoms with Crippen LogP contribution in [0, 0.1) is 11.2 Å². The fraction of sp³-hybridized carbons (Fsp3) is 0.667. The Balaban J connectivity index is 0.00000261. The molecule has 0 radical (unpaired) electrons. The number of guanidine groups is 1. The van der Waals surface area contributed by atoms with Crippen LogP contribution in [-0.4, -0.2) is 39.3 Å². The van der Waals surface area contributed by atoms with Gasteiger partial charge >= 0.3 is 0 Å². The summed E-state index contributed by atoms with van der Waals surface area (Å²) in [7, 11) is 1.77. The first-order chi connectivity index (χ1) is 12.6. The van der Waals surface area contributed by atoms with Gasteiger partial charge in [-0.05, 0) is 62.1 Å². The summed E-state index contributed by atoms with van der Waals surface area (Å²) < 4.78 is 18.9. The molecule has 0 amide bonds. The highest BCUT2D eigenvalue weighted by molar-refractivity contribution is 14.0. The Kier molecular flexibility index (Phi) is 8.34. The molecule has 6 heteroatoms. The highest BCUT2D eigenvalue weighted by Gasteiger charge is 2.44. The molecule has 1 aromatic rings. The minimum absolute atomic E-state index is 0. The molecule has 1 aromatic carbocycles. The Hall–Kier alpha value is -0.890. The van der Waals surface area contributed by atoms with E-state index in [2.05, 4.69) is 17.6 Å². The van der Waals surface area contributed by atoms with Crippen molar-refractivity contribution in [3.63, 3.8) is 0 Å². The van der Waals surface area contributed by atoms with Crippen molar-refractivity contribution >= 4 is 29.9 Å². The first-order valence-electron chi connectivity index (χ1n) is 9.89. The highest BCUT2D eigenvalue weighted by atomic mass is 127. The van der Waals surface area contributed by atoms with E-state index in [1.165, 1.54) is 25.3 Å². The van der Waals surface area contributed by atoms with Gasteiger partial charge < -0.3 is 15.4 Å². The molecule has 0 aromatic heterocycles. The van der Waals surface area contributed by atoms with Crippen LogP contribution in [0.3, 0.4) is 0 Å². The molecule has 0 bridgehead atoms. The van der Waals surface area contributed by atoms with Gasteiger partial charge in [-0.3, -0.25) is 4.99 Å². The summed E-state index contributed by atoms with van der Waals surface area (Å²) in [4.78, 5) is 4.87. The van der Waals surface area contributed by atoms with E-state index in [1.54, 1.807) is 19.2 Å². The number of halogens is 2. The Morgan fingerprint density at radius 3 is 2.56 bits per heavy atom. The van der Waals surface area contributed by atoms with E-state index in [9.17, 15) is 4.39 Å². The minimum Gasteiger partial charge on any atom is -0.385 e. The summed E-state index contributed by atoms with van der Waals surface area (Å²) in [5.74, 6) is 0.721. The zero-order valence-corrected chi connectivity index (χ0v) is 18.9. The normalized spacial score (nSPS) is 19.6. The third-order valence-corrected chi connectivity index (χ3v) is 6.05. The van der Waals surface area contributed by atoms with E-state index >= 15 is 0 Å². The van der Waals surface area contributed by atoms with Gasteiger partial charge in [0.2, 0.25) is 0 Å². The molecule has 3 rings (SSSR count). The maximum absolute atomic E-state index is 13.6. The molecule has 0 spiro atoms. The van der Waals surface area contributed by atoms with Gasteiger partial charge in [-0.15, -0.1) is 24.0 Å². The zero-order chi connectivity index (χ0) is 18.5. The molecule has 2 saturated carbocycles. The fourth-order valence-corrected chi connectivity index (χ4v) is 3.86.